The van der Waals surface area contributed by atoms with Crippen molar-refractivity contribution < 1.29 is 16.8 Å². The molecule has 102 valence electrons. The van der Waals surface area contributed by atoms with Gasteiger partial charge in [0.25, 0.3) is 0 Å². The maximum absolute atomic E-state index is 11.8. The third-order valence-electron chi connectivity index (χ3n) is 2.91. The van der Waals surface area contributed by atoms with Crippen molar-refractivity contribution in [2.24, 2.45) is 0 Å². The average molecular weight is 348 g/mol. The quantitative estimate of drug-likeness (QED) is 0.715. The van der Waals surface area contributed by atoms with Crippen LogP contribution < -0.4 is 4.72 Å². The average Bonchev–Trinajstić information content (AvgIpc) is 2.63. The molecule has 0 aromatic rings. The van der Waals surface area contributed by atoms with Gasteiger partial charge in [0.15, 0.2) is 0 Å². The molecule has 0 saturated heterocycles. The van der Waals surface area contributed by atoms with Gasteiger partial charge in [-0.2, -0.15) is 0 Å². The van der Waals surface area contributed by atoms with Crippen LogP contribution in [0.4, 0.5) is 0 Å². The Morgan fingerprint density at radius 3 is 2.06 bits per heavy atom. The lowest BCUT2D eigenvalue weighted by atomic mass is 10.0. The van der Waals surface area contributed by atoms with Crippen LogP contribution >= 0.6 is 15.9 Å². The number of hydrogen-bond donors (Lipinski definition) is 1. The molecule has 5 nitrogen and oxygen atoms in total. The third kappa shape index (κ3) is 5.23. The minimum Gasteiger partial charge on any atom is -0.229 e. The Balaban J connectivity index is 2.66. The van der Waals surface area contributed by atoms with Crippen LogP contribution in [-0.2, 0) is 19.9 Å². The van der Waals surface area contributed by atoms with E-state index in [4.69, 9.17) is 0 Å². The van der Waals surface area contributed by atoms with E-state index in [-0.39, 0.29) is 11.5 Å². The van der Waals surface area contributed by atoms with E-state index in [1.165, 1.54) is 0 Å². The Hall–Kier alpha value is 0.340. The molecule has 0 radical (unpaired) electrons. The molecule has 0 amide bonds. The molecule has 0 unspecified atom stereocenters. The van der Waals surface area contributed by atoms with E-state index in [0.717, 1.165) is 31.9 Å². The van der Waals surface area contributed by atoms with E-state index in [1.807, 2.05) is 0 Å². The third-order valence-corrected chi connectivity index (χ3v) is 6.67. The van der Waals surface area contributed by atoms with Gasteiger partial charge in [-0.1, -0.05) is 28.8 Å². The lowest BCUT2D eigenvalue weighted by molar-refractivity contribution is 0.438. The van der Waals surface area contributed by atoms with Crippen molar-refractivity contribution in [3.8, 4) is 0 Å². The summed E-state index contributed by atoms with van der Waals surface area (Å²) in [5.74, 6) is -0.693. The van der Waals surface area contributed by atoms with E-state index < -0.39 is 25.4 Å². The minimum absolute atomic E-state index is 0.333. The summed E-state index contributed by atoms with van der Waals surface area (Å²) in [6.07, 6.45) is 4.64. The van der Waals surface area contributed by atoms with E-state index in [2.05, 4.69) is 20.7 Å². The molecule has 0 bridgehead atoms. The minimum atomic E-state index is -3.53. The molecule has 17 heavy (non-hydrogen) atoms. The molecule has 0 atom stereocenters. The fourth-order valence-corrected chi connectivity index (χ4v) is 5.97. The van der Waals surface area contributed by atoms with Gasteiger partial charge < -0.3 is 0 Å². The molecule has 1 aliphatic carbocycles. The summed E-state index contributed by atoms with van der Waals surface area (Å²) in [7, 11) is -6.78. The molecule has 8 heteroatoms. The van der Waals surface area contributed by atoms with Crippen LogP contribution in [0.2, 0.25) is 0 Å². The number of nitrogens with one attached hydrogen (secondary N) is 1. The first-order chi connectivity index (χ1) is 7.68. The molecule has 1 fully saturated rings. The van der Waals surface area contributed by atoms with Crippen LogP contribution in [0.3, 0.4) is 0 Å². The van der Waals surface area contributed by atoms with Gasteiger partial charge in [-0.25, -0.2) is 21.6 Å². The molecular weight excluding hydrogens is 330 g/mol. The second kappa shape index (κ2) is 5.54. The summed E-state index contributed by atoms with van der Waals surface area (Å²) in [5.41, 5.74) is -0.420. The van der Waals surface area contributed by atoms with Crippen molar-refractivity contribution >= 4 is 35.8 Å². The second-order valence-corrected chi connectivity index (χ2v) is 9.33. The van der Waals surface area contributed by atoms with Crippen LogP contribution in [-0.4, -0.2) is 45.5 Å². The van der Waals surface area contributed by atoms with Gasteiger partial charge in [-0.05, 0) is 12.8 Å². The number of sulfonamides is 1. The van der Waals surface area contributed by atoms with Gasteiger partial charge in [-0.3, -0.25) is 0 Å². The maximum atomic E-state index is 11.8. The highest BCUT2D eigenvalue weighted by Crippen LogP contribution is 2.31. The number of halogens is 1. The highest BCUT2D eigenvalue weighted by atomic mass is 79.9. The Morgan fingerprint density at radius 1 is 1.12 bits per heavy atom. The van der Waals surface area contributed by atoms with Crippen molar-refractivity contribution in [1.29, 1.82) is 0 Å². The van der Waals surface area contributed by atoms with Crippen molar-refractivity contribution in [3.05, 3.63) is 0 Å². The summed E-state index contributed by atoms with van der Waals surface area (Å²) >= 11 is 3.33. The lowest BCUT2D eigenvalue weighted by Crippen LogP contribution is -2.49. The molecule has 0 heterocycles. The summed E-state index contributed by atoms with van der Waals surface area (Å²) in [6, 6.07) is 0. The molecule has 1 N–H and O–H groups in total. The van der Waals surface area contributed by atoms with Crippen LogP contribution in [0.15, 0.2) is 0 Å². The summed E-state index contributed by atoms with van der Waals surface area (Å²) in [5, 5.41) is 0.568. The Bertz CT molecular complexity index is 451. The fraction of sp³-hybridized carbons (Fsp3) is 1.00. The second-order valence-electron chi connectivity index (χ2n) is 4.67. The van der Waals surface area contributed by atoms with Crippen molar-refractivity contribution in [3.63, 3.8) is 0 Å². The zero-order valence-electron chi connectivity index (χ0n) is 9.78. The van der Waals surface area contributed by atoms with Gasteiger partial charge in [-0.15, -0.1) is 0 Å². The zero-order chi connectivity index (χ0) is 13.2. The van der Waals surface area contributed by atoms with Crippen molar-refractivity contribution in [1.82, 2.24) is 4.72 Å². The van der Waals surface area contributed by atoms with Crippen LogP contribution in [0.25, 0.3) is 0 Å². The van der Waals surface area contributed by atoms with Gasteiger partial charge in [0, 0.05) is 17.1 Å². The van der Waals surface area contributed by atoms with E-state index in [1.54, 1.807) is 0 Å². The van der Waals surface area contributed by atoms with E-state index >= 15 is 0 Å². The molecule has 1 aliphatic rings. The molecule has 0 spiro atoms. The topological polar surface area (TPSA) is 80.3 Å². The first-order valence-corrected chi connectivity index (χ1v) is 10.3. The van der Waals surface area contributed by atoms with E-state index in [0.29, 0.717) is 5.33 Å². The standard InChI is InChI=1S/C9H18BrNO4S2/c1-16(12,13)6-7-17(14,15)11-9(8-10)4-2-3-5-9/h11H,2-8H2,1H3. The van der Waals surface area contributed by atoms with Gasteiger partial charge in [0.2, 0.25) is 10.0 Å². The molecule has 0 aliphatic heterocycles. The Labute approximate surface area is 111 Å². The number of hydrogen-bond acceptors (Lipinski definition) is 4. The van der Waals surface area contributed by atoms with Crippen molar-refractivity contribution in [2.75, 3.05) is 23.1 Å². The Morgan fingerprint density at radius 2 is 1.65 bits per heavy atom. The number of rotatable bonds is 6. The highest BCUT2D eigenvalue weighted by Gasteiger charge is 2.36. The smallest absolute Gasteiger partial charge is 0.213 e. The largest absolute Gasteiger partial charge is 0.229 e. The van der Waals surface area contributed by atoms with Gasteiger partial charge in [0.1, 0.15) is 9.84 Å². The van der Waals surface area contributed by atoms with E-state index in [9.17, 15) is 16.8 Å². The first kappa shape index (κ1) is 15.4. The maximum Gasteiger partial charge on any atom is 0.213 e. The van der Waals surface area contributed by atoms with Gasteiger partial charge >= 0.3 is 0 Å². The zero-order valence-corrected chi connectivity index (χ0v) is 13.0. The first-order valence-electron chi connectivity index (χ1n) is 5.43. The normalized spacial score (nSPS) is 20.6. The fourth-order valence-electron chi connectivity index (χ4n) is 1.96. The van der Waals surface area contributed by atoms with Crippen LogP contribution in [0.5, 0.6) is 0 Å². The van der Waals surface area contributed by atoms with Crippen LogP contribution in [0, 0.1) is 0 Å². The molecule has 0 aromatic carbocycles. The monoisotopic (exact) mass is 347 g/mol. The summed E-state index contributed by atoms with van der Waals surface area (Å²) in [4.78, 5) is 0. The van der Waals surface area contributed by atoms with Gasteiger partial charge in [0.05, 0.1) is 11.5 Å². The number of alkyl halides is 1. The molecule has 1 saturated carbocycles. The SMILES string of the molecule is CS(=O)(=O)CCS(=O)(=O)NC1(CBr)CCCC1. The number of sulfone groups is 1. The predicted molar refractivity (Wildman–Crippen MR) is 71.6 cm³/mol. The molecule has 0 aromatic heterocycles. The lowest BCUT2D eigenvalue weighted by Gasteiger charge is -2.27. The van der Waals surface area contributed by atoms with Crippen LogP contribution in [0.1, 0.15) is 25.7 Å². The highest BCUT2D eigenvalue weighted by molar-refractivity contribution is 9.09. The molecular formula is C9H18BrNO4S2. The summed E-state index contributed by atoms with van der Waals surface area (Å²) < 4.78 is 48.2. The summed E-state index contributed by atoms with van der Waals surface area (Å²) in [6.45, 7) is 0. The Kier molecular flexibility index (Phi) is 5.02. The predicted octanol–water partition coefficient (Wildman–Crippen LogP) is 0.658. The molecule has 1 rings (SSSR count). The van der Waals surface area contributed by atoms with Crippen molar-refractivity contribution in [2.45, 2.75) is 31.2 Å².